The smallest absolute Gasteiger partial charge is 0.121 e. The molecule has 1 aliphatic rings. The van der Waals surface area contributed by atoms with Gasteiger partial charge in [-0.2, -0.15) is 0 Å². The van der Waals surface area contributed by atoms with Gasteiger partial charge in [-0.1, -0.05) is 115 Å². The maximum Gasteiger partial charge on any atom is 0.121 e. The Kier molecular flexibility index (Phi) is 11.4. The van der Waals surface area contributed by atoms with E-state index in [1.54, 1.807) is 0 Å². The molecule has 0 spiro atoms. The maximum absolute atomic E-state index is 5.76. The van der Waals surface area contributed by atoms with Crippen LogP contribution in [0.4, 0.5) is 0 Å². The molecule has 0 aromatic heterocycles. The van der Waals surface area contributed by atoms with Crippen LogP contribution in [0.3, 0.4) is 0 Å². The lowest BCUT2D eigenvalue weighted by Crippen LogP contribution is -2.22. The number of nitrogens with two attached hydrogens (primary N) is 1. The molecule has 0 amide bonds. The zero-order valence-electron chi connectivity index (χ0n) is 15.5. The van der Waals surface area contributed by atoms with E-state index in [4.69, 9.17) is 5.73 Å². The molecule has 129 valence electrons. The van der Waals surface area contributed by atoms with E-state index in [2.05, 4.69) is 21.1 Å². The van der Waals surface area contributed by atoms with Gasteiger partial charge in [-0.05, 0) is 13.0 Å². The molecule has 0 bridgehead atoms. The van der Waals surface area contributed by atoms with Gasteiger partial charge in [-0.15, -0.1) is 0 Å². The predicted octanol–water partition coefficient (Wildman–Crippen LogP) is 6.50. The molecule has 1 radical (unpaired) electrons. The molecular weight excluding hydrogens is 265 g/mol. The van der Waals surface area contributed by atoms with Gasteiger partial charge in [0.2, 0.25) is 0 Å². The Balaban J connectivity index is 2.54. The van der Waals surface area contributed by atoms with Crippen molar-refractivity contribution in [1.82, 2.24) is 0 Å². The van der Waals surface area contributed by atoms with Crippen molar-refractivity contribution in [3.63, 3.8) is 0 Å². The molecule has 1 fully saturated rings. The van der Waals surface area contributed by atoms with Gasteiger partial charge in [0.05, 0.1) is 0 Å². The second kappa shape index (κ2) is 12.4. The molecule has 1 nitrogen and oxygen atoms in total. The van der Waals surface area contributed by atoms with Crippen molar-refractivity contribution in [1.29, 1.82) is 0 Å². The third-order valence-corrected chi connectivity index (χ3v) is 5.59. The van der Waals surface area contributed by atoms with Crippen LogP contribution in [0.25, 0.3) is 0 Å². The van der Waals surface area contributed by atoms with Gasteiger partial charge in [0.1, 0.15) is 7.28 Å². The largest absolute Gasteiger partial charge is 0.330 e. The van der Waals surface area contributed by atoms with Gasteiger partial charge < -0.3 is 5.73 Å². The highest BCUT2D eigenvalue weighted by Crippen LogP contribution is 2.42. The number of hydrogen-bond acceptors (Lipinski definition) is 1. The highest BCUT2D eigenvalue weighted by Gasteiger charge is 2.28. The summed E-state index contributed by atoms with van der Waals surface area (Å²) < 4.78 is 0. The molecule has 0 aromatic rings. The van der Waals surface area contributed by atoms with Crippen LogP contribution in [0.5, 0.6) is 0 Å². The van der Waals surface area contributed by atoms with Crippen LogP contribution in [0.2, 0.25) is 11.1 Å². The summed E-state index contributed by atoms with van der Waals surface area (Å²) in [6.45, 7) is 5.72. The average molecular weight is 306 g/mol. The second-order valence-electron chi connectivity index (χ2n) is 7.98. The fraction of sp³-hybridized carbons (Fsp3) is 1.00. The van der Waals surface area contributed by atoms with E-state index in [0.29, 0.717) is 5.31 Å². The summed E-state index contributed by atoms with van der Waals surface area (Å²) in [7, 11) is 2.77. The molecule has 1 rings (SSSR count). The first-order valence-electron chi connectivity index (χ1n) is 10.3. The Bertz CT molecular complexity index is 234. The summed E-state index contributed by atoms with van der Waals surface area (Å²) in [5.74, 6) is 0.804. The molecule has 0 aliphatic heterocycles. The lowest BCUT2D eigenvalue weighted by molar-refractivity contribution is 0.451. The molecule has 2 N–H and O–H groups in total. The van der Waals surface area contributed by atoms with E-state index in [9.17, 15) is 0 Å². The monoisotopic (exact) mass is 306 g/mol. The van der Waals surface area contributed by atoms with E-state index in [1.807, 2.05) is 0 Å². The standard InChI is InChI=1S/C20H41BN/c1-3-4-14-19(15-13-18-22)21-20(2)16-11-9-7-5-6-8-10-12-17-20/h19H,3-18,22H2,1-2H3. The maximum atomic E-state index is 5.76. The summed E-state index contributed by atoms with van der Waals surface area (Å²) in [5, 5.41) is 0.483. The van der Waals surface area contributed by atoms with Crippen LogP contribution in [-0.2, 0) is 0 Å². The highest BCUT2D eigenvalue weighted by atomic mass is 14.5. The molecule has 2 heteroatoms. The zero-order valence-corrected chi connectivity index (χ0v) is 15.5. The van der Waals surface area contributed by atoms with Crippen molar-refractivity contribution >= 4 is 7.28 Å². The molecule has 0 saturated heterocycles. The minimum absolute atomic E-state index is 0.483. The normalized spacial score (nSPS) is 21.8. The van der Waals surface area contributed by atoms with Crippen LogP contribution >= 0.6 is 0 Å². The molecule has 0 aromatic carbocycles. The topological polar surface area (TPSA) is 26.0 Å². The summed E-state index contributed by atoms with van der Waals surface area (Å²) >= 11 is 0. The van der Waals surface area contributed by atoms with E-state index in [-0.39, 0.29) is 0 Å². The molecule has 22 heavy (non-hydrogen) atoms. The van der Waals surface area contributed by atoms with Crippen LogP contribution in [0.1, 0.15) is 110 Å². The van der Waals surface area contributed by atoms with E-state index in [0.717, 1.165) is 12.4 Å². The van der Waals surface area contributed by atoms with Gasteiger partial charge in [0.15, 0.2) is 0 Å². The molecule has 1 unspecified atom stereocenters. The first kappa shape index (κ1) is 20.1. The third kappa shape index (κ3) is 9.23. The van der Waals surface area contributed by atoms with Crippen molar-refractivity contribution in [2.24, 2.45) is 5.73 Å². The molecule has 0 heterocycles. The quantitative estimate of drug-likeness (QED) is 0.509. The fourth-order valence-electron chi connectivity index (χ4n) is 4.14. The SMILES string of the molecule is CCCCC([B]C1(C)CCCCCCCCCC1)CCCN. The molecule has 1 aliphatic carbocycles. The lowest BCUT2D eigenvalue weighted by atomic mass is 9.42. The number of hydrogen-bond donors (Lipinski definition) is 1. The summed E-state index contributed by atoms with van der Waals surface area (Å²) in [6.07, 6.45) is 21.0. The Morgan fingerprint density at radius 1 is 0.864 bits per heavy atom. The predicted molar refractivity (Wildman–Crippen MR) is 102 cm³/mol. The Morgan fingerprint density at radius 3 is 1.86 bits per heavy atom. The van der Waals surface area contributed by atoms with Crippen LogP contribution in [-0.4, -0.2) is 13.8 Å². The number of rotatable bonds is 8. The number of unbranched alkanes of at least 4 members (excludes halogenated alkanes) is 1. The van der Waals surface area contributed by atoms with E-state index < -0.39 is 0 Å². The van der Waals surface area contributed by atoms with Crippen molar-refractivity contribution in [3.05, 3.63) is 0 Å². The fourth-order valence-corrected chi connectivity index (χ4v) is 4.14. The van der Waals surface area contributed by atoms with Crippen molar-refractivity contribution in [3.8, 4) is 0 Å². The second-order valence-corrected chi connectivity index (χ2v) is 7.98. The first-order chi connectivity index (χ1) is 10.7. The summed E-state index contributed by atoms with van der Waals surface area (Å²) in [5.41, 5.74) is 5.76. The van der Waals surface area contributed by atoms with Gasteiger partial charge in [-0.25, -0.2) is 0 Å². The highest BCUT2D eigenvalue weighted by molar-refractivity contribution is 6.41. The minimum atomic E-state index is 0.483. The summed E-state index contributed by atoms with van der Waals surface area (Å²) in [6, 6.07) is 0. The van der Waals surface area contributed by atoms with Gasteiger partial charge in [0.25, 0.3) is 0 Å². The zero-order chi connectivity index (χ0) is 16.1. The Labute approximate surface area is 141 Å². The van der Waals surface area contributed by atoms with E-state index in [1.165, 1.54) is 96.3 Å². The molecule has 1 saturated carbocycles. The summed E-state index contributed by atoms with van der Waals surface area (Å²) in [4.78, 5) is 0. The minimum Gasteiger partial charge on any atom is -0.330 e. The van der Waals surface area contributed by atoms with Gasteiger partial charge in [0, 0.05) is 0 Å². The third-order valence-electron chi connectivity index (χ3n) is 5.59. The molecular formula is C20H41BN. The Hall–Kier alpha value is 0.0249. The van der Waals surface area contributed by atoms with Crippen molar-refractivity contribution < 1.29 is 0 Å². The molecule has 1 atom stereocenters. The first-order valence-corrected chi connectivity index (χ1v) is 10.3. The average Bonchev–Trinajstić information content (AvgIpc) is 2.56. The van der Waals surface area contributed by atoms with Crippen LogP contribution in [0, 0.1) is 0 Å². The lowest BCUT2D eigenvalue weighted by Gasteiger charge is -2.33. The van der Waals surface area contributed by atoms with Crippen LogP contribution in [0.15, 0.2) is 0 Å². The van der Waals surface area contributed by atoms with E-state index >= 15 is 0 Å². The Morgan fingerprint density at radius 2 is 1.36 bits per heavy atom. The van der Waals surface area contributed by atoms with Crippen molar-refractivity contribution in [2.75, 3.05) is 6.54 Å². The van der Waals surface area contributed by atoms with Gasteiger partial charge in [-0.3, -0.25) is 0 Å². The van der Waals surface area contributed by atoms with Crippen molar-refractivity contribution in [2.45, 2.75) is 121 Å². The van der Waals surface area contributed by atoms with Crippen LogP contribution < -0.4 is 5.73 Å². The van der Waals surface area contributed by atoms with Gasteiger partial charge >= 0.3 is 0 Å².